The van der Waals surface area contributed by atoms with Crippen LogP contribution in [-0.2, 0) is 20.6 Å². The topological polar surface area (TPSA) is 75.3 Å². The van der Waals surface area contributed by atoms with E-state index in [2.05, 4.69) is 22.3 Å². The van der Waals surface area contributed by atoms with E-state index in [-0.39, 0.29) is 11.2 Å². The number of carbonyl (C=O) groups is 2. The smallest absolute Gasteiger partial charge is 0.254 e. The maximum atomic E-state index is 12.1. The summed E-state index contributed by atoms with van der Waals surface area (Å²) in [6.45, 7) is 5.21. The van der Waals surface area contributed by atoms with Crippen molar-refractivity contribution < 1.29 is 13.8 Å². The Kier molecular flexibility index (Phi) is 7.26. The van der Waals surface area contributed by atoms with Crippen molar-refractivity contribution >= 4 is 23.3 Å². The summed E-state index contributed by atoms with van der Waals surface area (Å²) >= 11 is 0. The molecule has 0 aliphatic heterocycles. The van der Waals surface area contributed by atoms with E-state index in [1.54, 1.807) is 13.0 Å². The Bertz CT molecular complexity index is 413. The van der Waals surface area contributed by atoms with Crippen LogP contribution >= 0.6 is 0 Å². The fourth-order valence-corrected chi connectivity index (χ4v) is 3.60. The van der Waals surface area contributed by atoms with Crippen LogP contribution in [0, 0.1) is 5.92 Å². The van der Waals surface area contributed by atoms with Crippen LogP contribution in [0.3, 0.4) is 0 Å². The summed E-state index contributed by atoms with van der Waals surface area (Å²) in [6, 6.07) is -0.755. The summed E-state index contributed by atoms with van der Waals surface area (Å²) in [5.41, 5.74) is 2.59. The second-order valence-electron chi connectivity index (χ2n) is 5.02. The number of rotatable bonds is 7. The third-order valence-electron chi connectivity index (χ3n) is 3.49. The van der Waals surface area contributed by atoms with Crippen molar-refractivity contribution in [2.75, 3.05) is 0 Å². The molecule has 5 nitrogen and oxygen atoms in total. The maximum absolute atomic E-state index is 12.1. The molecule has 1 saturated carbocycles. The average molecular weight is 298 g/mol. The number of carbonyl (C=O) groups excluding carboxylic acids is 2. The molecule has 0 aromatic carbocycles. The van der Waals surface area contributed by atoms with Crippen molar-refractivity contribution in [2.45, 2.75) is 50.3 Å². The molecule has 0 heterocycles. The van der Waals surface area contributed by atoms with Gasteiger partial charge in [-0.25, -0.2) is 4.21 Å². The Hall–Kier alpha value is -1.39. The molecule has 112 valence electrons. The van der Waals surface area contributed by atoms with Gasteiger partial charge >= 0.3 is 0 Å². The van der Waals surface area contributed by atoms with E-state index in [1.165, 1.54) is 0 Å². The van der Waals surface area contributed by atoms with Gasteiger partial charge in [-0.2, -0.15) is 0 Å². The maximum Gasteiger partial charge on any atom is 0.254 e. The van der Waals surface area contributed by atoms with Crippen molar-refractivity contribution in [1.82, 2.24) is 10.0 Å². The molecule has 0 radical (unpaired) electrons. The zero-order chi connectivity index (χ0) is 15.0. The van der Waals surface area contributed by atoms with E-state index in [4.69, 9.17) is 0 Å². The first-order valence-corrected chi connectivity index (χ1v) is 8.08. The Balaban J connectivity index is 2.62. The quantitative estimate of drug-likeness (QED) is 0.547. The highest BCUT2D eigenvalue weighted by molar-refractivity contribution is 7.84. The minimum Gasteiger partial charge on any atom is -0.346 e. The summed E-state index contributed by atoms with van der Waals surface area (Å²) in [4.78, 5) is 22.7. The third kappa shape index (κ3) is 4.94. The van der Waals surface area contributed by atoms with Crippen LogP contribution in [0.2, 0.25) is 0 Å². The van der Waals surface area contributed by atoms with Gasteiger partial charge in [0.2, 0.25) is 6.41 Å². The molecule has 3 atom stereocenters. The minimum atomic E-state index is -1.39. The number of hydrogen-bond acceptors (Lipinski definition) is 3. The molecular formula is C14H22N2O3S. The summed E-state index contributed by atoms with van der Waals surface area (Å²) < 4.78 is 14.6. The Labute approximate surface area is 122 Å². The summed E-state index contributed by atoms with van der Waals surface area (Å²) in [6.07, 6.45) is 7.10. The lowest BCUT2D eigenvalue weighted by Crippen LogP contribution is -2.49. The summed E-state index contributed by atoms with van der Waals surface area (Å²) in [7, 11) is -1.39. The molecule has 6 heteroatoms. The first-order chi connectivity index (χ1) is 9.60. The molecule has 3 unspecified atom stereocenters. The molecular weight excluding hydrogens is 276 g/mol. The molecule has 0 spiro atoms. The molecule has 0 bridgehead atoms. The van der Waals surface area contributed by atoms with E-state index < -0.39 is 22.9 Å². The van der Waals surface area contributed by atoms with Crippen molar-refractivity contribution in [3.63, 3.8) is 0 Å². The summed E-state index contributed by atoms with van der Waals surface area (Å²) in [5.74, 6) is -0.693. The molecule has 2 amide bonds. The fourth-order valence-electron chi connectivity index (χ4n) is 2.35. The van der Waals surface area contributed by atoms with Gasteiger partial charge in [-0.05, 0) is 18.9 Å². The molecule has 1 rings (SSSR count). The van der Waals surface area contributed by atoms with Gasteiger partial charge in [0.1, 0.15) is 17.0 Å². The Morgan fingerprint density at radius 3 is 2.60 bits per heavy atom. The standard InChI is InChI=1S/C14H22N2O3S/c1-3-7-11(2)13(15-10-17)14(18)16-20(19)12-8-5-4-6-9-12/h7,10-13H,1,4-6,8-9H2,2H3,(H,15,17)(H,16,18). The SMILES string of the molecule is C=C=CC(C)C(NC=O)C(=O)NS(=O)C1CCCCC1. The van der Waals surface area contributed by atoms with Crippen molar-refractivity contribution in [2.24, 2.45) is 5.92 Å². The number of nitrogens with one attached hydrogen (secondary N) is 2. The lowest BCUT2D eigenvalue weighted by Gasteiger charge is -2.23. The highest BCUT2D eigenvalue weighted by Crippen LogP contribution is 2.21. The predicted octanol–water partition coefficient (Wildman–Crippen LogP) is 1.19. The molecule has 1 fully saturated rings. The van der Waals surface area contributed by atoms with Crippen molar-refractivity contribution in [3.05, 3.63) is 18.4 Å². The van der Waals surface area contributed by atoms with E-state index in [1.807, 2.05) is 0 Å². The van der Waals surface area contributed by atoms with Gasteiger partial charge in [0.15, 0.2) is 0 Å². The normalized spacial score (nSPS) is 20.1. The van der Waals surface area contributed by atoms with Crippen LogP contribution < -0.4 is 10.0 Å². The van der Waals surface area contributed by atoms with Crippen LogP contribution in [0.1, 0.15) is 39.0 Å². The molecule has 2 N–H and O–H groups in total. The molecule has 0 saturated heterocycles. The van der Waals surface area contributed by atoms with Gasteiger partial charge in [0.25, 0.3) is 5.91 Å². The van der Waals surface area contributed by atoms with E-state index >= 15 is 0 Å². The van der Waals surface area contributed by atoms with Gasteiger partial charge in [0, 0.05) is 5.92 Å². The zero-order valence-corrected chi connectivity index (χ0v) is 12.6. The minimum absolute atomic E-state index is 0.0230. The second-order valence-corrected chi connectivity index (χ2v) is 6.48. The summed E-state index contributed by atoms with van der Waals surface area (Å²) in [5, 5.41) is 2.47. The van der Waals surface area contributed by atoms with Crippen LogP contribution in [0.5, 0.6) is 0 Å². The molecule has 0 aromatic rings. The molecule has 1 aliphatic carbocycles. The van der Waals surface area contributed by atoms with E-state index in [0.717, 1.165) is 32.1 Å². The first kappa shape index (κ1) is 16.7. The van der Waals surface area contributed by atoms with Gasteiger partial charge in [0.05, 0.1) is 5.25 Å². The molecule has 0 aromatic heterocycles. The predicted molar refractivity (Wildman–Crippen MR) is 79.0 cm³/mol. The number of amides is 2. The lowest BCUT2D eigenvalue weighted by molar-refractivity contribution is -0.124. The lowest BCUT2D eigenvalue weighted by atomic mass is 10.0. The molecule has 20 heavy (non-hydrogen) atoms. The van der Waals surface area contributed by atoms with Crippen molar-refractivity contribution in [1.29, 1.82) is 0 Å². The van der Waals surface area contributed by atoms with E-state index in [0.29, 0.717) is 6.41 Å². The van der Waals surface area contributed by atoms with Gasteiger partial charge < -0.3 is 5.32 Å². The van der Waals surface area contributed by atoms with Gasteiger partial charge in [-0.3, -0.25) is 14.3 Å². The van der Waals surface area contributed by atoms with Crippen LogP contribution in [0.4, 0.5) is 0 Å². The Morgan fingerprint density at radius 1 is 1.40 bits per heavy atom. The average Bonchev–Trinajstić information content (AvgIpc) is 2.45. The van der Waals surface area contributed by atoms with Crippen LogP contribution in [0.25, 0.3) is 0 Å². The zero-order valence-electron chi connectivity index (χ0n) is 11.8. The number of hydrogen-bond donors (Lipinski definition) is 2. The monoisotopic (exact) mass is 298 g/mol. The third-order valence-corrected chi connectivity index (χ3v) is 4.97. The van der Waals surface area contributed by atoms with Gasteiger partial charge in [-0.15, -0.1) is 5.73 Å². The highest BCUT2D eigenvalue weighted by Gasteiger charge is 2.27. The van der Waals surface area contributed by atoms with Gasteiger partial charge in [-0.1, -0.05) is 32.8 Å². The fraction of sp³-hybridized carbons (Fsp3) is 0.643. The first-order valence-electron chi connectivity index (χ1n) is 6.87. The largest absolute Gasteiger partial charge is 0.346 e. The van der Waals surface area contributed by atoms with Crippen molar-refractivity contribution in [3.8, 4) is 0 Å². The van der Waals surface area contributed by atoms with Crippen LogP contribution in [-0.4, -0.2) is 27.8 Å². The Morgan fingerprint density at radius 2 is 2.05 bits per heavy atom. The van der Waals surface area contributed by atoms with E-state index in [9.17, 15) is 13.8 Å². The highest BCUT2D eigenvalue weighted by atomic mass is 32.2. The molecule has 1 aliphatic rings. The second kappa shape index (κ2) is 8.72. The van der Waals surface area contributed by atoms with Crippen LogP contribution in [0.15, 0.2) is 18.4 Å².